The molecular weight excluding hydrogens is 350 g/mol. The molecule has 8 heteroatoms. The number of nitrogens with zero attached hydrogens (tertiary/aromatic N) is 3. The molecule has 2 aromatic rings. The first-order valence-corrected chi connectivity index (χ1v) is 8.98. The highest BCUT2D eigenvalue weighted by molar-refractivity contribution is 9.10. The number of fused-ring (bicyclic) bond motifs is 1. The number of rotatable bonds is 2. The predicted octanol–water partition coefficient (Wildman–Crippen LogP) is 2.63. The molecule has 0 radical (unpaired) electrons. The average molecular weight is 362 g/mol. The van der Waals surface area contributed by atoms with Crippen LogP contribution in [0.25, 0.3) is 11.0 Å². The monoisotopic (exact) mass is 361 g/mol. The number of benzene rings is 1. The lowest BCUT2D eigenvalue weighted by atomic mass is 10.2. The number of sulfonamides is 1. The summed E-state index contributed by atoms with van der Waals surface area (Å²) in [5.74, 6) is 0. The fourth-order valence-corrected chi connectivity index (χ4v) is 5.07. The molecular formula is C11H12BrN3O2S2. The summed E-state index contributed by atoms with van der Waals surface area (Å²) >= 11 is 4.40. The molecule has 1 aromatic carbocycles. The van der Waals surface area contributed by atoms with Crippen molar-refractivity contribution in [1.82, 2.24) is 13.1 Å². The maximum Gasteiger partial charge on any atom is 0.245 e. The standard InChI is InChI=1S/C11H12BrN3O2S2/c12-8-4-5-9(11-10(8)13-18-14-11)19(16,17)15-6-2-1-3-7-15/h4-5H,1-3,6-7H2. The summed E-state index contributed by atoms with van der Waals surface area (Å²) in [6.07, 6.45) is 2.95. The minimum Gasteiger partial charge on any atom is -0.207 e. The Morgan fingerprint density at radius 1 is 1.11 bits per heavy atom. The summed E-state index contributed by atoms with van der Waals surface area (Å²) in [6, 6.07) is 3.33. The van der Waals surface area contributed by atoms with E-state index in [4.69, 9.17) is 0 Å². The van der Waals surface area contributed by atoms with Gasteiger partial charge in [0.05, 0.1) is 11.7 Å². The van der Waals surface area contributed by atoms with E-state index in [0.717, 1.165) is 35.5 Å². The molecule has 1 fully saturated rings. The topological polar surface area (TPSA) is 63.2 Å². The van der Waals surface area contributed by atoms with Gasteiger partial charge in [0.2, 0.25) is 10.0 Å². The number of halogens is 1. The maximum atomic E-state index is 12.7. The molecule has 0 N–H and O–H groups in total. The average Bonchev–Trinajstić information content (AvgIpc) is 2.90. The Hall–Kier alpha value is -0.570. The lowest BCUT2D eigenvalue weighted by molar-refractivity contribution is 0.347. The second-order valence-electron chi connectivity index (χ2n) is 4.47. The maximum absolute atomic E-state index is 12.7. The molecule has 0 unspecified atom stereocenters. The highest BCUT2D eigenvalue weighted by atomic mass is 79.9. The lowest BCUT2D eigenvalue weighted by Crippen LogP contribution is -2.35. The van der Waals surface area contributed by atoms with Crippen molar-refractivity contribution in [2.75, 3.05) is 13.1 Å². The summed E-state index contributed by atoms with van der Waals surface area (Å²) in [5.41, 5.74) is 1.08. The van der Waals surface area contributed by atoms with E-state index in [9.17, 15) is 8.42 Å². The normalized spacial score (nSPS) is 17.9. The number of piperidine rings is 1. The quantitative estimate of drug-likeness (QED) is 0.824. The van der Waals surface area contributed by atoms with Gasteiger partial charge in [-0.05, 0) is 40.9 Å². The Labute approximate surface area is 124 Å². The van der Waals surface area contributed by atoms with Gasteiger partial charge in [0.1, 0.15) is 15.9 Å². The van der Waals surface area contributed by atoms with Gasteiger partial charge in [0.15, 0.2) is 0 Å². The lowest BCUT2D eigenvalue weighted by Gasteiger charge is -2.25. The third-order valence-electron chi connectivity index (χ3n) is 3.26. The van der Waals surface area contributed by atoms with Crippen LogP contribution in [0.3, 0.4) is 0 Å². The van der Waals surface area contributed by atoms with Crippen LogP contribution in [0.4, 0.5) is 0 Å². The van der Waals surface area contributed by atoms with Crippen molar-refractivity contribution in [1.29, 1.82) is 0 Å². The van der Waals surface area contributed by atoms with Crippen LogP contribution in [0, 0.1) is 0 Å². The Balaban J connectivity index is 2.13. The van der Waals surface area contributed by atoms with E-state index < -0.39 is 10.0 Å². The van der Waals surface area contributed by atoms with Crippen LogP contribution < -0.4 is 0 Å². The second kappa shape index (κ2) is 5.08. The molecule has 1 saturated heterocycles. The van der Waals surface area contributed by atoms with Crippen LogP contribution in [-0.4, -0.2) is 34.6 Å². The number of hydrogen-bond acceptors (Lipinski definition) is 5. The van der Waals surface area contributed by atoms with Crippen LogP contribution >= 0.6 is 27.7 Å². The summed E-state index contributed by atoms with van der Waals surface area (Å²) in [4.78, 5) is 0.265. The van der Waals surface area contributed by atoms with Crippen molar-refractivity contribution >= 4 is 48.7 Å². The van der Waals surface area contributed by atoms with Gasteiger partial charge in [-0.1, -0.05) is 6.42 Å². The molecule has 2 heterocycles. The molecule has 1 aliphatic heterocycles. The van der Waals surface area contributed by atoms with Gasteiger partial charge in [-0.2, -0.15) is 13.1 Å². The zero-order chi connectivity index (χ0) is 13.5. The minimum absolute atomic E-state index is 0.265. The van der Waals surface area contributed by atoms with Crippen molar-refractivity contribution < 1.29 is 8.42 Å². The van der Waals surface area contributed by atoms with Gasteiger partial charge in [-0.3, -0.25) is 0 Å². The Kier molecular flexibility index (Phi) is 3.59. The first kappa shape index (κ1) is 13.4. The van der Waals surface area contributed by atoms with Crippen LogP contribution in [0.5, 0.6) is 0 Å². The fourth-order valence-electron chi connectivity index (χ4n) is 2.27. The smallest absolute Gasteiger partial charge is 0.207 e. The van der Waals surface area contributed by atoms with Gasteiger partial charge in [0.25, 0.3) is 0 Å². The van der Waals surface area contributed by atoms with Crippen LogP contribution in [0.2, 0.25) is 0 Å². The Morgan fingerprint density at radius 3 is 2.53 bits per heavy atom. The van der Waals surface area contributed by atoms with Crippen molar-refractivity contribution in [3.05, 3.63) is 16.6 Å². The van der Waals surface area contributed by atoms with Crippen LogP contribution in [0.1, 0.15) is 19.3 Å². The first-order valence-electron chi connectivity index (χ1n) is 6.01. The van der Waals surface area contributed by atoms with Crippen molar-refractivity contribution in [3.63, 3.8) is 0 Å². The Morgan fingerprint density at radius 2 is 1.79 bits per heavy atom. The molecule has 0 atom stereocenters. The van der Waals surface area contributed by atoms with Crippen molar-refractivity contribution in [2.45, 2.75) is 24.2 Å². The summed E-state index contributed by atoms with van der Waals surface area (Å²) in [7, 11) is -3.46. The van der Waals surface area contributed by atoms with E-state index in [2.05, 4.69) is 24.7 Å². The molecule has 0 aliphatic carbocycles. The second-order valence-corrected chi connectivity index (χ2v) is 7.76. The first-order chi connectivity index (χ1) is 9.10. The Bertz CT molecular complexity index is 708. The molecule has 0 bridgehead atoms. The molecule has 102 valence electrons. The van der Waals surface area contributed by atoms with E-state index in [1.54, 1.807) is 16.4 Å². The number of aromatic nitrogens is 2. The number of hydrogen-bond donors (Lipinski definition) is 0. The van der Waals surface area contributed by atoms with Gasteiger partial charge < -0.3 is 0 Å². The predicted molar refractivity (Wildman–Crippen MR) is 77.7 cm³/mol. The zero-order valence-corrected chi connectivity index (χ0v) is 13.3. The summed E-state index contributed by atoms with van der Waals surface area (Å²) in [6.45, 7) is 1.19. The summed E-state index contributed by atoms with van der Waals surface area (Å²) in [5, 5.41) is 0. The van der Waals surface area contributed by atoms with Gasteiger partial charge >= 0.3 is 0 Å². The van der Waals surface area contributed by atoms with Crippen LogP contribution in [-0.2, 0) is 10.0 Å². The third kappa shape index (κ3) is 2.31. The van der Waals surface area contributed by atoms with E-state index in [-0.39, 0.29) is 4.90 Å². The van der Waals surface area contributed by atoms with Gasteiger partial charge in [0, 0.05) is 17.6 Å². The SMILES string of the molecule is O=S(=O)(c1ccc(Br)c2nsnc12)N1CCCCC1. The third-order valence-corrected chi connectivity index (χ3v) is 6.36. The molecule has 3 rings (SSSR count). The van der Waals surface area contributed by atoms with Crippen molar-refractivity contribution in [3.8, 4) is 0 Å². The van der Waals surface area contributed by atoms with E-state index in [1.165, 1.54) is 0 Å². The molecule has 1 aromatic heterocycles. The molecule has 19 heavy (non-hydrogen) atoms. The molecule has 1 aliphatic rings. The van der Waals surface area contributed by atoms with Gasteiger partial charge in [-0.15, -0.1) is 0 Å². The molecule has 0 spiro atoms. The highest BCUT2D eigenvalue weighted by Gasteiger charge is 2.29. The fraction of sp³-hybridized carbons (Fsp3) is 0.455. The van der Waals surface area contributed by atoms with E-state index in [1.807, 2.05) is 0 Å². The molecule has 5 nitrogen and oxygen atoms in total. The van der Waals surface area contributed by atoms with E-state index in [0.29, 0.717) is 24.1 Å². The molecule has 0 amide bonds. The zero-order valence-electron chi connectivity index (χ0n) is 10.0. The van der Waals surface area contributed by atoms with Gasteiger partial charge in [-0.25, -0.2) is 8.42 Å². The minimum atomic E-state index is -3.46. The van der Waals surface area contributed by atoms with Crippen molar-refractivity contribution in [2.24, 2.45) is 0 Å². The summed E-state index contributed by atoms with van der Waals surface area (Å²) < 4.78 is 35.9. The van der Waals surface area contributed by atoms with Crippen LogP contribution in [0.15, 0.2) is 21.5 Å². The largest absolute Gasteiger partial charge is 0.245 e. The highest BCUT2D eigenvalue weighted by Crippen LogP contribution is 2.30. The molecule has 0 saturated carbocycles. The van der Waals surface area contributed by atoms with E-state index >= 15 is 0 Å².